The summed E-state index contributed by atoms with van der Waals surface area (Å²) in [5.74, 6) is 0.0937. The molecule has 0 heterocycles. The van der Waals surface area contributed by atoms with Crippen molar-refractivity contribution in [3.05, 3.63) is 35.9 Å². The van der Waals surface area contributed by atoms with E-state index in [1.807, 2.05) is 37.3 Å². The van der Waals surface area contributed by atoms with Gasteiger partial charge in [0.2, 0.25) is 0 Å². The molecule has 0 bridgehead atoms. The quantitative estimate of drug-likeness (QED) is 0.635. The van der Waals surface area contributed by atoms with Crippen molar-refractivity contribution in [1.29, 1.82) is 0 Å². The Kier molecular flexibility index (Phi) is 5.38. The molecule has 1 aromatic carbocycles. The van der Waals surface area contributed by atoms with Crippen molar-refractivity contribution < 1.29 is 4.39 Å². The first-order chi connectivity index (χ1) is 7.29. The Balaban J connectivity index is 2.73. The van der Waals surface area contributed by atoms with Crippen molar-refractivity contribution >= 4 is 0 Å². The predicted molar refractivity (Wildman–Crippen MR) is 63.9 cm³/mol. The Bertz CT molecular complexity index is 255. The van der Waals surface area contributed by atoms with Crippen LogP contribution in [0.1, 0.15) is 51.0 Å². The SMILES string of the molecule is CCCC(F)C(CCC)c1ccccc1. The fourth-order valence-corrected chi connectivity index (χ4v) is 2.04. The molecule has 0 saturated carbocycles. The first-order valence-electron chi connectivity index (χ1n) is 5.98. The van der Waals surface area contributed by atoms with Crippen LogP contribution in [-0.4, -0.2) is 6.17 Å². The van der Waals surface area contributed by atoms with Gasteiger partial charge in [-0.25, -0.2) is 4.39 Å². The molecule has 0 N–H and O–H groups in total. The van der Waals surface area contributed by atoms with Gasteiger partial charge in [-0.15, -0.1) is 0 Å². The van der Waals surface area contributed by atoms with Crippen molar-refractivity contribution in [2.24, 2.45) is 0 Å². The lowest BCUT2D eigenvalue weighted by Crippen LogP contribution is -2.13. The summed E-state index contributed by atoms with van der Waals surface area (Å²) in [6, 6.07) is 10.1. The van der Waals surface area contributed by atoms with Gasteiger partial charge >= 0.3 is 0 Å². The second-order valence-electron chi connectivity index (χ2n) is 4.11. The lowest BCUT2D eigenvalue weighted by Gasteiger charge is -2.20. The van der Waals surface area contributed by atoms with Crippen molar-refractivity contribution in [2.75, 3.05) is 0 Å². The highest BCUT2D eigenvalue weighted by Crippen LogP contribution is 2.29. The van der Waals surface area contributed by atoms with Crippen LogP contribution < -0.4 is 0 Å². The molecule has 0 aromatic heterocycles. The second kappa shape index (κ2) is 6.60. The van der Waals surface area contributed by atoms with Crippen LogP contribution in [0.15, 0.2) is 30.3 Å². The van der Waals surface area contributed by atoms with E-state index in [9.17, 15) is 4.39 Å². The molecule has 84 valence electrons. The summed E-state index contributed by atoms with van der Waals surface area (Å²) < 4.78 is 13.9. The van der Waals surface area contributed by atoms with Crippen LogP contribution in [0.2, 0.25) is 0 Å². The standard InChI is InChI=1S/C14H21F/c1-3-8-13(14(15)9-4-2)12-10-6-5-7-11-12/h5-7,10-11,13-14H,3-4,8-9H2,1-2H3. The molecule has 0 saturated heterocycles. The van der Waals surface area contributed by atoms with Gasteiger partial charge in [0.25, 0.3) is 0 Å². The van der Waals surface area contributed by atoms with Gasteiger partial charge < -0.3 is 0 Å². The highest BCUT2D eigenvalue weighted by Gasteiger charge is 2.20. The minimum Gasteiger partial charge on any atom is -0.247 e. The van der Waals surface area contributed by atoms with Gasteiger partial charge in [0.05, 0.1) is 0 Å². The second-order valence-corrected chi connectivity index (χ2v) is 4.11. The summed E-state index contributed by atoms with van der Waals surface area (Å²) in [4.78, 5) is 0. The summed E-state index contributed by atoms with van der Waals surface area (Å²) >= 11 is 0. The molecular weight excluding hydrogens is 187 g/mol. The first kappa shape index (κ1) is 12.2. The Morgan fingerprint density at radius 3 is 2.13 bits per heavy atom. The largest absolute Gasteiger partial charge is 0.247 e. The van der Waals surface area contributed by atoms with E-state index in [1.165, 1.54) is 0 Å². The maximum atomic E-state index is 13.9. The van der Waals surface area contributed by atoms with E-state index in [4.69, 9.17) is 0 Å². The Morgan fingerprint density at radius 2 is 1.60 bits per heavy atom. The Labute approximate surface area is 92.5 Å². The minimum atomic E-state index is -0.683. The topological polar surface area (TPSA) is 0 Å². The molecule has 2 atom stereocenters. The number of benzene rings is 1. The van der Waals surface area contributed by atoms with E-state index in [0.29, 0.717) is 6.42 Å². The fraction of sp³-hybridized carbons (Fsp3) is 0.571. The molecule has 0 amide bonds. The zero-order valence-electron chi connectivity index (χ0n) is 9.75. The average Bonchev–Trinajstić information content (AvgIpc) is 2.27. The molecule has 0 aliphatic carbocycles. The number of alkyl halides is 1. The van der Waals surface area contributed by atoms with Crippen LogP contribution in [-0.2, 0) is 0 Å². The van der Waals surface area contributed by atoms with Crippen LogP contribution in [0.4, 0.5) is 4.39 Å². The number of halogens is 1. The van der Waals surface area contributed by atoms with E-state index in [-0.39, 0.29) is 5.92 Å². The third-order valence-electron chi connectivity index (χ3n) is 2.83. The molecule has 0 spiro atoms. The normalized spacial score (nSPS) is 14.9. The molecule has 0 fully saturated rings. The van der Waals surface area contributed by atoms with Gasteiger partial charge in [-0.3, -0.25) is 0 Å². The first-order valence-corrected chi connectivity index (χ1v) is 5.98. The summed E-state index contributed by atoms with van der Waals surface area (Å²) in [7, 11) is 0. The lowest BCUT2D eigenvalue weighted by molar-refractivity contribution is 0.253. The third kappa shape index (κ3) is 3.65. The van der Waals surface area contributed by atoms with Crippen LogP contribution >= 0.6 is 0 Å². The number of rotatable bonds is 6. The molecule has 0 aliphatic rings. The number of hydrogen-bond donors (Lipinski definition) is 0. The van der Waals surface area contributed by atoms with Gasteiger partial charge in [-0.1, -0.05) is 57.0 Å². The van der Waals surface area contributed by atoms with Gasteiger partial charge in [-0.05, 0) is 18.4 Å². The summed E-state index contributed by atoms with van der Waals surface area (Å²) in [6.07, 6.45) is 2.92. The highest BCUT2D eigenvalue weighted by atomic mass is 19.1. The molecule has 2 unspecified atom stereocenters. The smallest absolute Gasteiger partial charge is 0.107 e. The molecule has 1 rings (SSSR count). The zero-order chi connectivity index (χ0) is 11.1. The van der Waals surface area contributed by atoms with Crippen molar-refractivity contribution in [2.45, 2.75) is 51.6 Å². The maximum Gasteiger partial charge on any atom is 0.107 e. The monoisotopic (exact) mass is 208 g/mol. The van der Waals surface area contributed by atoms with Crippen LogP contribution in [0.3, 0.4) is 0 Å². The van der Waals surface area contributed by atoms with Gasteiger partial charge in [0, 0.05) is 5.92 Å². The lowest BCUT2D eigenvalue weighted by atomic mass is 9.88. The molecule has 1 aromatic rings. The third-order valence-corrected chi connectivity index (χ3v) is 2.83. The molecule has 0 nitrogen and oxygen atoms in total. The van der Waals surface area contributed by atoms with Crippen molar-refractivity contribution in [3.63, 3.8) is 0 Å². The van der Waals surface area contributed by atoms with Crippen LogP contribution in [0, 0.1) is 0 Å². The molecule has 0 radical (unpaired) electrons. The Hall–Kier alpha value is -0.850. The van der Waals surface area contributed by atoms with Crippen molar-refractivity contribution in [3.8, 4) is 0 Å². The van der Waals surface area contributed by atoms with Gasteiger partial charge in [0.1, 0.15) is 6.17 Å². The zero-order valence-corrected chi connectivity index (χ0v) is 9.75. The van der Waals surface area contributed by atoms with E-state index in [1.54, 1.807) is 0 Å². The van der Waals surface area contributed by atoms with E-state index in [2.05, 4.69) is 6.92 Å². The highest BCUT2D eigenvalue weighted by molar-refractivity contribution is 5.20. The van der Waals surface area contributed by atoms with Gasteiger partial charge in [0.15, 0.2) is 0 Å². The van der Waals surface area contributed by atoms with Crippen LogP contribution in [0.25, 0.3) is 0 Å². The molecule has 15 heavy (non-hydrogen) atoms. The van der Waals surface area contributed by atoms with Crippen LogP contribution in [0.5, 0.6) is 0 Å². The summed E-state index contributed by atoms with van der Waals surface area (Å²) in [6.45, 7) is 4.16. The van der Waals surface area contributed by atoms with E-state index in [0.717, 1.165) is 24.8 Å². The maximum absolute atomic E-state index is 13.9. The summed E-state index contributed by atoms with van der Waals surface area (Å²) in [5.41, 5.74) is 1.15. The molecule has 1 heteroatoms. The molecular formula is C14H21F. The van der Waals surface area contributed by atoms with E-state index < -0.39 is 6.17 Å². The summed E-state index contributed by atoms with van der Waals surface area (Å²) in [5, 5.41) is 0. The minimum absolute atomic E-state index is 0.0937. The van der Waals surface area contributed by atoms with Crippen molar-refractivity contribution in [1.82, 2.24) is 0 Å². The number of hydrogen-bond acceptors (Lipinski definition) is 0. The Morgan fingerprint density at radius 1 is 1.00 bits per heavy atom. The average molecular weight is 208 g/mol. The van der Waals surface area contributed by atoms with E-state index >= 15 is 0 Å². The predicted octanol–water partition coefficient (Wildman–Crippen LogP) is 4.71. The molecule has 0 aliphatic heterocycles. The van der Waals surface area contributed by atoms with Gasteiger partial charge in [-0.2, -0.15) is 0 Å². The fourth-order valence-electron chi connectivity index (χ4n) is 2.04.